The molecule has 1 N–H and O–H groups in total. The van der Waals surface area contributed by atoms with Crippen LogP contribution in [0.2, 0.25) is 0 Å². The number of esters is 1. The quantitative estimate of drug-likeness (QED) is 0.836. The summed E-state index contributed by atoms with van der Waals surface area (Å²) in [6.45, 7) is 3.70. The average Bonchev–Trinajstić information content (AvgIpc) is 2.40. The van der Waals surface area contributed by atoms with Gasteiger partial charge in [0.25, 0.3) is 0 Å². The Morgan fingerprint density at radius 3 is 2.83 bits per heavy atom. The first-order valence-corrected chi connectivity index (χ1v) is 6.35. The number of piperidine rings is 1. The van der Waals surface area contributed by atoms with Gasteiger partial charge in [0, 0.05) is 6.54 Å². The van der Waals surface area contributed by atoms with Crippen molar-refractivity contribution in [3.05, 3.63) is 35.6 Å². The number of carbonyl (C=O) groups is 1. The molecule has 1 saturated heterocycles. The van der Waals surface area contributed by atoms with Gasteiger partial charge in [-0.25, -0.2) is 4.39 Å². The summed E-state index contributed by atoms with van der Waals surface area (Å²) in [5.74, 6) is -0.477. The normalized spacial score (nSPS) is 23.7. The van der Waals surface area contributed by atoms with Crippen molar-refractivity contribution < 1.29 is 13.9 Å². The molecule has 98 valence electrons. The van der Waals surface area contributed by atoms with Gasteiger partial charge in [-0.2, -0.15) is 0 Å². The highest BCUT2D eigenvalue weighted by Crippen LogP contribution is 2.31. The van der Waals surface area contributed by atoms with E-state index in [1.165, 1.54) is 12.1 Å². The molecule has 1 aromatic rings. The predicted molar refractivity (Wildman–Crippen MR) is 66.8 cm³/mol. The Morgan fingerprint density at radius 1 is 1.44 bits per heavy atom. The Labute approximate surface area is 106 Å². The van der Waals surface area contributed by atoms with E-state index in [4.69, 9.17) is 4.74 Å². The standard InChI is InChI=1S/C14H18FNO2/c1-2-18-14(17)13-9-16-8-7-12(13)10-3-5-11(15)6-4-10/h3-6,12-13,16H,2,7-9H2,1H3/t12-,13-/m1/s1. The molecule has 1 aliphatic heterocycles. The maximum atomic E-state index is 12.9. The van der Waals surface area contributed by atoms with Gasteiger partial charge < -0.3 is 10.1 Å². The van der Waals surface area contributed by atoms with E-state index in [2.05, 4.69) is 5.32 Å². The van der Waals surface area contributed by atoms with Crippen LogP contribution in [0, 0.1) is 11.7 Å². The lowest BCUT2D eigenvalue weighted by atomic mass is 9.81. The number of rotatable bonds is 3. The van der Waals surface area contributed by atoms with E-state index in [1.54, 1.807) is 19.1 Å². The Hall–Kier alpha value is -1.42. The Bertz CT molecular complexity index is 405. The first-order valence-electron chi connectivity index (χ1n) is 6.35. The van der Waals surface area contributed by atoms with Crippen LogP contribution < -0.4 is 5.32 Å². The molecule has 4 heteroatoms. The largest absolute Gasteiger partial charge is 0.466 e. The van der Waals surface area contributed by atoms with Crippen molar-refractivity contribution in [2.24, 2.45) is 5.92 Å². The van der Waals surface area contributed by atoms with Crippen LogP contribution in [-0.2, 0) is 9.53 Å². The van der Waals surface area contributed by atoms with Crippen molar-refractivity contribution in [2.45, 2.75) is 19.3 Å². The van der Waals surface area contributed by atoms with E-state index < -0.39 is 0 Å². The molecule has 0 bridgehead atoms. The van der Waals surface area contributed by atoms with Gasteiger partial charge in [-0.3, -0.25) is 4.79 Å². The number of ether oxygens (including phenoxy) is 1. The van der Waals surface area contributed by atoms with Crippen LogP contribution in [0.3, 0.4) is 0 Å². The van der Waals surface area contributed by atoms with Crippen molar-refractivity contribution in [3.63, 3.8) is 0 Å². The summed E-state index contributed by atoms with van der Waals surface area (Å²) in [7, 11) is 0. The summed E-state index contributed by atoms with van der Waals surface area (Å²) in [5, 5.41) is 3.21. The van der Waals surface area contributed by atoms with Crippen molar-refractivity contribution in [3.8, 4) is 0 Å². The number of halogens is 1. The number of hydrogen-bond acceptors (Lipinski definition) is 3. The maximum absolute atomic E-state index is 12.9. The van der Waals surface area contributed by atoms with E-state index in [0.717, 1.165) is 18.5 Å². The number of hydrogen-bond donors (Lipinski definition) is 1. The highest BCUT2D eigenvalue weighted by Gasteiger charge is 2.32. The topological polar surface area (TPSA) is 38.3 Å². The molecule has 0 amide bonds. The fraction of sp³-hybridized carbons (Fsp3) is 0.500. The SMILES string of the molecule is CCOC(=O)[C@@H]1CNCC[C@@H]1c1ccc(F)cc1. The second kappa shape index (κ2) is 5.96. The van der Waals surface area contributed by atoms with Gasteiger partial charge in [0.2, 0.25) is 0 Å². The molecule has 1 fully saturated rings. The van der Waals surface area contributed by atoms with Gasteiger partial charge in [0.05, 0.1) is 12.5 Å². The maximum Gasteiger partial charge on any atom is 0.310 e. The van der Waals surface area contributed by atoms with Crippen LogP contribution >= 0.6 is 0 Å². The van der Waals surface area contributed by atoms with Gasteiger partial charge in [0.15, 0.2) is 0 Å². The molecule has 0 radical (unpaired) electrons. The van der Waals surface area contributed by atoms with Gasteiger partial charge in [0.1, 0.15) is 5.82 Å². The van der Waals surface area contributed by atoms with E-state index in [-0.39, 0.29) is 23.6 Å². The van der Waals surface area contributed by atoms with Crippen LogP contribution in [-0.4, -0.2) is 25.7 Å². The van der Waals surface area contributed by atoms with Crippen LogP contribution in [0.5, 0.6) is 0 Å². The third kappa shape index (κ3) is 2.88. The van der Waals surface area contributed by atoms with Gasteiger partial charge in [-0.05, 0) is 43.5 Å². The molecule has 2 atom stereocenters. The fourth-order valence-corrected chi connectivity index (χ4v) is 2.46. The summed E-state index contributed by atoms with van der Waals surface area (Å²) in [6, 6.07) is 6.41. The zero-order valence-corrected chi connectivity index (χ0v) is 10.5. The molecule has 1 aromatic carbocycles. The molecule has 0 aliphatic carbocycles. The Morgan fingerprint density at radius 2 is 2.17 bits per heavy atom. The van der Waals surface area contributed by atoms with Crippen molar-refractivity contribution >= 4 is 5.97 Å². The molecule has 0 aromatic heterocycles. The zero-order valence-electron chi connectivity index (χ0n) is 10.5. The summed E-state index contributed by atoms with van der Waals surface area (Å²) in [6.07, 6.45) is 0.870. The monoisotopic (exact) mass is 251 g/mol. The second-order valence-corrected chi connectivity index (χ2v) is 4.51. The first-order chi connectivity index (χ1) is 8.72. The Kier molecular flexibility index (Phi) is 4.31. The van der Waals surface area contributed by atoms with Crippen molar-refractivity contribution in [2.75, 3.05) is 19.7 Å². The second-order valence-electron chi connectivity index (χ2n) is 4.51. The molecule has 3 nitrogen and oxygen atoms in total. The van der Waals surface area contributed by atoms with Crippen LogP contribution in [0.1, 0.15) is 24.8 Å². The third-order valence-corrected chi connectivity index (χ3v) is 3.37. The summed E-state index contributed by atoms with van der Waals surface area (Å²) in [4.78, 5) is 11.9. The smallest absolute Gasteiger partial charge is 0.310 e. The molecule has 1 heterocycles. The highest BCUT2D eigenvalue weighted by atomic mass is 19.1. The molecule has 0 unspecified atom stereocenters. The molecular formula is C14H18FNO2. The van der Waals surface area contributed by atoms with Crippen LogP contribution in [0.25, 0.3) is 0 Å². The molecule has 18 heavy (non-hydrogen) atoms. The summed E-state index contributed by atoms with van der Waals surface area (Å²) in [5.41, 5.74) is 1.01. The number of benzene rings is 1. The van der Waals surface area contributed by atoms with Gasteiger partial charge in [-0.1, -0.05) is 12.1 Å². The minimum Gasteiger partial charge on any atom is -0.466 e. The molecule has 2 rings (SSSR count). The van der Waals surface area contributed by atoms with Crippen molar-refractivity contribution in [1.29, 1.82) is 0 Å². The molecule has 0 spiro atoms. The van der Waals surface area contributed by atoms with Gasteiger partial charge in [-0.15, -0.1) is 0 Å². The first kappa shape index (κ1) is 13.0. The van der Waals surface area contributed by atoms with Crippen molar-refractivity contribution in [1.82, 2.24) is 5.32 Å². The minimum absolute atomic E-state index is 0.117. The van der Waals surface area contributed by atoms with E-state index >= 15 is 0 Å². The number of carbonyl (C=O) groups excluding carboxylic acids is 1. The van der Waals surface area contributed by atoms with Gasteiger partial charge >= 0.3 is 5.97 Å². The fourth-order valence-electron chi connectivity index (χ4n) is 2.46. The van der Waals surface area contributed by atoms with Crippen LogP contribution in [0.4, 0.5) is 4.39 Å². The molecular weight excluding hydrogens is 233 g/mol. The number of nitrogens with one attached hydrogen (secondary N) is 1. The molecule has 1 aliphatic rings. The summed E-state index contributed by atoms with van der Waals surface area (Å²) < 4.78 is 18.0. The molecule has 0 saturated carbocycles. The van der Waals surface area contributed by atoms with E-state index in [0.29, 0.717) is 13.2 Å². The zero-order chi connectivity index (χ0) is 13.0. The van der Waals surface area contributed by atoms with Crippen LogP contribution in [0.15, 0.2) is 24.3 Å². The minimum atomic E-state index is -0.250. The predicted octanol–water partition coefficient (Wildman–Crippen LogP) is 2.08. The lowest BCUT2D eigenvalue weighted by Crippen LogP contribution is -2.40. The van der Waals surface area contributed by atoms with E-state index in [1.807, 2.05) is 0 Å². The average molecular weight is 251 g/mol. The third-order valence-electron chi connectivity index (χ3n) is 3.37. The Balaban J connectivity index is 2.17. The highest BCUT2D eigenvalue weighted by molar-refractivity contribution is 5.74. The lowest BCUT2D eigenvalue weighted by molar-refractivity contribution is -0.149. The lowest BCUT2D eigenvalue weighted by Gasteiger charge is -2.30. The summed E-state index contributed by atoms with van der Waals surface area (Å²) >= 11 is 0. The van der Waals surface area contributed by atoms with E-state index in [9.17, 15) is 9.18 Å².